The van der Waals surface area contributed by atoms with Crippen LogP contribution in [0.25, 0.3) is 10.2 Å². The molecule has 0 saturated heterocycles. The van der Waals surface area contributed by atoms with Gasteiger partial charge < -0.3 is 5.32 Å². The fourth-order valence-corrected chi connectivity index (χ4v) is 3.28. The van der Waals surface area contributed by atoms with Gasteiger partial charge in [0.2, 0.25) is 0 Å². The Morgan fingerprint density at radius 2 is 2.19 bits per heavy atom. The van der Waals surface area contributed by atoms with E-state index < -0.39 is 0 Å². The minimum Gasteiger partial charge on any atom is -0.306 e. The van der Waals surface area contributed by atoms with Gasteiger partial charge in [0, 0.05) is 18.6 Å². The number of hydrogen-bond acceptors (Lipinski definition) is 4. The zero-order valence-electron chi connectivity index (χ0n) is 12.3. The van der Waals surface area contributed by atoms with Gasteiger partial charge in [-0.2, -0.15) is 0 Å². The molecular weight excluding hydrogens is 278 g/mol. The van der Waals surface area contributed by atoms with Crippen LogP contribution in [0, 0.1) is 6.92 Å². The highest BCUT2D eigenvalue weighted by Gasteiger charge is 2.16. The molecular formula is C17H19N3S. The van der Waals surface area contributed by atoms with Crippen LogP contribution < -0.4 is 5.32 Å². The molecule has 0 aliphatic rings. The molecule has 1 N–H and O–H groups in total. The summed E-state index contributed by atoms with van der Waals surface area (Å²) in [7, 11) is 0. The molecule has 0 aliphatic carbocycles. The number of fused-ring (bicyclic) bond motifs is 1. The molecule has 0 aliphatic heterocycles. The Hall–Kier alpha value is -1.78. The van der Waals surface area contributed by atoms with Gasteiger partial charge in [0.25, 0.3) is 0 Å². The summed E-state index contributed by atoms with van der Waals surface area (Å²) >= 11 is 1.74. The van der Waals surface area contributed by atoms with Crippen LogP contribution in [-0.2, 0) is 0 Å². The Kier molecular flexibility index (Phi) is 4.27. The molecule has 108 valence electrons. The van der Waals surface area contributed by atoms with E-state index in [2.05, 4.69) is 52.7 Å². The first-order valence-electron chi connectivity index (χ1n) is 7.26. The lowest BCUT2D eigenvalue weighted by molar-refractivity contribution is 0.594. The van der Waals surface area contributed by atoms with Crippen molar-refractivity contribution in [2.24, 2.45) is 0 Å². The molecule has 0 bridgehead atoms. The Balaban J connectivity index is 2.03. The number of aromatic nitrogens is 2. The van der Waals surface area contributed by atoms with Gasteiger partial charge in [-0.15, -0.1) is 11.3 Å². The average molecular weight is 297 g/mol. The van der Waals surface area contributed by atoms with E-state index >= 15 is 0 Å². The molecule has 0 amide bonds. The Bertz CT molecular complexity index is 735. The normalized spacial score (nSPS) is 12.7. The second kappa shape index (κ2) is 6.33. The fourth-order valence-electron chi connectivity index (χ4n) is 2.49. The summed E-state index contributed by atoms with van der Waals surface area (Å²) < 4.78 is 1.23. The molecule has 0 aromatic carbocycles. The van der Waals surface area contributed by atoms with Gasteiger partial charge in [-0.05, 0) is 60.2 Å². The van der Waals surface area contributed by atoms with E-state index in [1.165, 1.54) is 21.4 Å². The predicted molar refractivity (Wildman–Crippen MR) is 88.7 cm³/mol. The summed E-state index contributed by atoms with van der Waals surface area (Å²) in [6.07, 6.45) is 6.89. The van der Waals surface area contributed by atoms with Crippen LogP contribution in [0.3, 0.4) is 0 Å². The average Bonchev–Trinajstić information content (AvgIpc) is 2.97. The summed E-state index contributed by atoms with van der Waals surface area (Å²) in [5.41, 5.74) is 4.75. The lowest BCUT2D eigenvalue weighted by Gasteiger charge is -2.20. The number of pyridine rings is 2. The molecule has 1 unspecified atom stereocenters. The monoisotopic (exact) mass is 297 g/mol. The van der Waals surface area contributed by atoms with Crippen molar-refractivity contribution >= 4 is 21.6 Å². The van der Waals surface area contributed by atoms with Crippen molar-refractivity contribution in [1.82, 2.24) is 15.3 Å². The van der Waals surface area contributed by atoms with Gasteiger partial charge >= 0.3 is 0 Å². The number of aryl methyl sites for hydroxylation is 1. The molecule has 4 heteroatoms. The van der Waals surface area contributed by atoms with Crippen molar-refractivity contribution in [3.8, 4) is 0 Å². The van der Waals surface area contributed by atoms with E-state index in [0.29, 0.717) is 0 Å². The molecule has 3 aromatic heterocycles. The summed E-state index contributed by atoms with van der Waals surface area (Å²) in [6, 6.07) is 6.52. The second-order valence-corrected chi connectivity index (χ2v) is 6.14. The number of hydrogen-bond donors (Lipinski definition) is 1. The Morgan fingerprint density at radius 3 is 3.00 bits per heavy atom. The third-order valence-corrected chi connectivity index (χ3v) is 4.50. The molecule has 1 atom stereocenters. The molecule has 0 fully saturated rings. The van der Waals surface area contributed by atoms with E-state index in [9.17, 15) is 0 Å². The topological polar surface area (TPSA) is 37.8 Å². The van der Waals surface area contributed by atoms with Gasteiger partial charge in [-0.25, -0.2) is 0 Å². The molecule has 3 aromatic rings. The number of nitrogens with one attached hydrogen (secondary N) is 1. The first-order valence-corrected chi connectivity index (χ1v) is 8.14. The predicted octanol–water partition coefficient (Wildman–Crippen LogP) is 4.09. The standard InChI is InChI=1S/C17H19N3S/c1-3-6-19-17(14-11-18-7-4-12(14)2)13-9-16-15(20-10-13)5-8-21-16/h4-5,7-11,17,19H,3,6H2,1-2H3. The Morgan fingerprint density at radius 1 is 1.29 bits per heavy atom. The summed E-state index contributed by atoms with van der Waals surface area (Å²) in [5, 5.41) is 5.71. The van der Waals surface area contributed by atoms with Gasteiger partial charge in [0.15, 0.2) is 0 Å². The van der Waals surface area contributed by atoms with E-state index in [1.54, 1.807) is 11.3 Å². The third kappa shape index (κ3) is 2.96. The van der Waals surface area contributed by atoms with Crippen molar-refractivity contribution in [3.05, 3.63) is 58.9 Å². The highest BCUT2D eigenvalue weighted by Crippen LogP contribution is 2.27. The fraction of sp³-hybridized carbons (Fsp3) is 0.294. The van der Waals surface area contributed by atoms with Crippen LogP contribution in [-0.4, -0.2) is 16.5 Å². The minimum absolute atomic E-state index is 0.151. The van der Waals surface area contributed by atoms with Crippen molar-refractivity contribution in [2.75, 3.05) is 6.54 Å². The molecule has 3 rings (SSSR count). The summed E-state index contributed by atoms with van der Waals surface area (Å²) in [4.78, 5) is 8.87. The maximum absolute atomic E-state index is 4.58. The van der Waals surface area contributed by atoms with E-state index in [-0.39, 0.29) is 6.04 Å². The van der Waals surface area contributed by atoms with Crippen molar-refractivity contribution in [2.45, 2.75) is 26.3 Å². The van der Waals surface area contributed by atoms with Gasteiger partial charge in [-0.1, -0.05) is 6.92 Å². The minimum atomic E-state index is 0.151. The molecule has 3 nitrogen and oxygen atoms in total. The molecule has 0 radical (unpaired) electrons. The van der Waals surface area contributed by atoms with Gasteiger partial charge in [0.05, 0.1) is 16.3 Å². The number of rotatable bonds is 5. The lowest BCUT2D eigenvalue weighted by Crippen LogP contribution is -2.24. The Labute approximate surface area is 129 Å². The van der Waals surface area contributed by atoms with Crippen LogP contribution >= 0.6 is 11.3 Å². The van der Waals surface area contributed by atoms with Crippen LogP contribution in [0.1, 0.15) is 36.1 Å². The number of nitrogens with zero attached hydrogens (tertiary/aromatic N) is 2. The van der Waals surface area contributed by atoms with E-state index in [0.717, 1.165) is 18.5 Å². The number of thiophene rings is 1. The van der Waals surface area contributed by atoms with Crippen LogP contribution in [0.2, 0.25) is 0 Å². The largest absolute Gasteiger partial charge is 0.306 e. The van der Waals surface area contributed by atoms with Crippen LogP contribution in [0.5, 0.6) is 0 Å². The van der Waals surface area contributed by atoms with Gasteiger partial charge in [0.1, 0.15) is 0 Å². The van der Waals surface area contributed by atoms with Crippen molar-refractivity contribution in [3.63, 3.8) is 0 Å². The third-order valence-electron chi connectivity index (χ3n) is 3.65. The molecule has 3 heterocycles. The lowest BCUT2D eigenvalue weighted by atomic mass is 9.98. The highest BCUT2D eigenvalue weighted by molar-refractivity contribution is 7.17. The molecule has 0 spiro atoms. The maximum atomic E-state index is 4.58. The van der Waals surface area contributed by atoms with E-state index in [1.807, 2.05) is 18.6 Å². The first kappa shape index (κ1) is 14.2. The highest BCUT2D eigenvalue weighted by atomic mass is 32.1. The second-order valence-electron chi connectivity index (χ2n) is 5.19. The summed E-state index contributed by atoms with van der Waals surface area (Å²) in [5.74, 6) is 0. The SMILES string of the molecule is CCCNC(c1cnc2ccsc2c1)c1cnccc1C. The summed E-state index contributed by atoms with van der Waals surface area (Å²) in [6.45, 7) is 5.29. The van der Waals surface area contributed by atoms with Crippen molar-refractivity contribution < 1.29 is 0 Å². The van der Waals surface area contributed by atoms with Crippen LogP contribution in [0.15, 0.2) is 42.2 Å². The maximum Gasteiger partial charge on any atom is 0.0809 e. The quantitative estimate of drug-likeness (QED) is 0.771. The molecule has 21 heavy (non-hydrogen) atoms. The molecule has 0 saturated carbocycles. The zero-order chi connectivity index (χ0) is 14.7. The van der Waals surface area contributed by atoms with E-state index in [4.69, 9.17) is 0 Å². The van der Waals surface area contributed by atoms with Crippen molar-refractivity contribution in [1.29, 1.82) is 0 Å². The smallest absolute Gasteiger partial charge is 0.0809 e. The van der Waals surface area contributed by atoms with Crippen LogP contribution in [0.4, 0.5) is 0 Å². The first-order chi connectivity index (χ1) is 10.3. The zero-order valence-corrected chi connectivity index (χ0v) is 13.2. The van der Waals surface area contributed by atoms with Gasteiger partial charge in [-0.3, -0.25) is 9.97 Å².